The first kappa shape index (κ1) is 9.51. The maximum absolute atomic E-state index is 11.3. The second-order valence-corrected chi connectivity index (χ2v) is 2.95. The van der Waals surface area contributed by atoms with Gasteiger partial charge in [-0.15, -0.1) is 0 Å². The molecule has 78 valence electrons. The first-order valence-electron chi connectivity index (χ1n) is 4.37. The van der Waals surface area contributed by atoms with E-state index in [9.17, 15) is 4.79 Å². The average Bonchev–Trinajstić information content (AvgIpc) is 2.71. The third-order valence-corrected chi connectivity index (χ3v) is 2.16. The lowest BCUT2D eigenvalue weighted by molar-refractivity contribution is 0.0596. The van der Waals surface area contributed by atoms with Crippen LogP contribution in [-0.4, -0.2) is 30.4 Å². The molecule has 0 fully saturated rings. The van der Waals surface area contributed by atoms with Crippen LogP contribution in [0.1, 0.15) is 10.5 Å². The summed E-state index contributed by atoms with van der Waals surface area (Å²) < 4.78 is 9.74. The molecule has 0 saturated carbocycles. The van der Waals surface area contributed by atoms with Gasteiger partial charge in [0, 0.05) is 5.39 Å². The molecule has 0 spiro atoms. The van der Waals surface area contributed by atoms with Crippen molar-refractivity contribution in [2.75, 3.05) is 14.2 Å². The molecule has 0 aliphatic rings. The summed E-state index contributed by atoms with van der Waals surface area (Å²) in [6.07, 6.45) is 0. The van der Waals surface area contributed by atoms with E-state index in [0.29, 0.717) is 16.7 Å². The van der Waals surface area contributed by atoms with Gasteiger partial charge in [-0.1, -0.05) is 12.1 Å². The number of ether oxygens (including phenoxy) is 2. The Morgan fingerprint density at radius 2 is 2.20 bits per heavy atom. The van der Waals surface area contributed by atoms with Gasteiger partial charge in [0.15, 0.2) is 5.69 Å². The zero-order chi connectivity index (χ0) is 10.8. The van der Waals surface area contributed by atoms with Crippen LogP contribution in [0.4, 0.5) is 0 Å². The standard InChI is InChI=1S/C10H10N2O3/c1-14-7-5-3-4-6-8(7)11-12-9(6)10(13)15-2/h3-5H,1-2H3,(H,11,12). The van der Waals surface area contributed by atoms with Gasteiger partial charge in [0.1, 0.15) is 11.3 Å². The minimum Gasteiger partial charge on any atom is -0.494 e. The number of fused-ring (bicyclic) bond motifs is 1. The molecule has 1 N–H and O–H groups in total. The molecule has 5 heteroatoms. The normalized spacial score (nSPS) is 10.3. The number of hydrogen-bond acceptors (Lipinski definition) is 4. The van der Waals surface area contributed by atoms with Crippen molar-refractivity contribution in [3.05, 3.63) is 23.9 Å². The van der Waals surface area contributed by atoms with Crippen LogP contribution in [0.5, 0.6) is 5.75 Å². The van der Waals surface area contributed by atoms with E-state index in [1.807, 2.05) is 0 Å². The Kier molecular flexibility index (Phi) is 2.29. The zero-order valence-electron chi connectivity index (χ0n) is 8.40. The summed E-state index contributed by atoms with van der Waals surface area (Å²) in [5.74, 6) is 0.185. The molecule has 1 aromatic carbocycles. The molecule has 1 heterocycles. The molecule has 5 nitrogen and oxygen atoms in total. The van der Waals surface area contributed by atoms with E-state index in [2.05, 4.69) is 14.9 Å². The molecule has 0 aliphatic carbocycles. The summed E-state index contributed by atoms with van der Waals surface area (Å²) in [6.45, 7) is 0. The highest BCUT2D eigenvalue weighted by Gasteiger charge is 2.15. The zero-order valence-corrected chi connectivity index (χ0v) is 8.40. The summed E-state index contributed by atoms with van der Waals surface area (Å²) >= 11 is 0. The van der Waals surface area contributed by atoms with Crippen LogP contribution < -0.4 is 4.74 Å². The van der Waals surface area contributed by atoms with Crippen LogP contribution in [0.2, 0.25) is 0 Å². The monoisotopic (exact) mass is 206 g/mol. The van der Waals surface area contributed by atoms with Crippen LogP contribution in [-0.2, 0) is 4.74 Å². The van der Waals surface area contributed by atoms with Gasteiger partial charge in [0.2, 0.25) is 0 Å². The van der Waals surface area contributed by atoms with Crippen LogP contribution >= 0.6 is 0 Å². The maximum atomic E-state index is 11.3. The molecule has 0 bridgehead atoms. The summed E-state index contributed by atoms with van der Waals surface area (Å²) in [4.78, 5) is 11.3. The van der Waals surface area contributed by atoms with Crippen LogP contribution in [0.25, 0.3) is 10.9 Å². The molecule has 15 heavy (non-hydrogen) atoms. The van der Waals surface area contributed by atoms with Gasteiger partial charge < -0.3 is 9.47 Å². The fourth-order valence-corrected chi connectivity index (χ4v) is 1.44. The maximum Gasteiger partial charge on any atom is 0.359 e. The van der Waals surface area contributed by atoms with Crippen LogP contribution in [0.3, 0.4) is 0 Å². The van der Waals surface area contributed by atoms with Crippen LogP contribution in [0.15, 0.2) is 18.2 Å². The number of aromatic amines is 1. The van der Waals surface area contributed by atoms with Crippen LogP contribution in [0, 0.1) is 0 Å². The van der Waals surface area contributed by atoms with E-state index in [1.54, 1.807) is 25.3 Å². The molecule has 0 radical (unpaired) electrons. The van der Waals surface area contributed by atoms with Crippen molar-refractivity contribution < 1.29 is 14.3 Å². The van der Waals surface area contributed by atoms with Crippen molar-refractivity contribution >= 4 is 16.9 Å². The van der Waals surface area contributed by atoms with Crippen molar-refractivity contribution in [2.24, 2.45) is 0 Å². The van der Waals surface area contributed by atoms with E-state index in [4.69, 9.17) is 4.74 Å². The van der Waals surface area contributed by atoms with Gasteiger partial charge in [-0.2, -0.15) is 5.10 Å². The lowest BCUT2D eigenvalue weighted by Crippen LogP contribution is -2.01. The number of rotatable bonds is 2. The van der Waals surface area contributed by atoms with Crippen molar-refractivity contribution in [1.29, 1.82) is 0 Å². The van der Waals surface area contributed by atoms with Crippen molar-refractivity contribution in [1.82, 2.24) is 10.2 Å². The number of H-pyrrole nitrogens is 1. The number of carbonyl (C=O) groups is 1. The molecule has 0 atom stereocenters. The third kappa shape index (κ3) is 1.41. The molecule has 0 unspecified atom stereocenters. The summed E-state index contributed by atoms with van der Waals surface area (Å²) in [7, 11) is 2.89. The van der Waals surface area contributed by atoms with Gasteiger partial charge in [-0.05, 0) is 6.07 Å². The number of nitrogens with zero attached hydrogens (tertiary/aromatic N) is 1. The molecule has 1 aromatic heterocycles. The molecule has 0 amide bonds. The molecule has 0 aliphatic heterocycles. The number of carbonyl (C=O) groups excluding carboxylic acids is 1. The molecular weight excluding hydrogens is 196 g/mol. The van der Waals surface area contributed by atoms with Gasteiger partial charge in [-0.25, -0.2) is 4.79 Å². The lowest BCUT2D eigenvalue weighted by Gasteiger charge is -1.99. The van der Waals surface area contributed by atoms with E-state index >= 15 is 0 Å². The number of benzene rings is 1. The highest BCUT2D eigenvalue weighted by Crippen LogP contribution is 2.25. The Morgan fingerprint density at radius 1 is 1.40 bits per heavy atom. The number of para-hydroxylation sites is 1. The molecule has 2 aromatic rings. The Hall–Kier alpha value is -2.04. The van der Waals surface area contributed by atoms with E-state index < -0.39 is 5.97 Å². The fourth-order valence-electron chi connectivity index (χ4n) is 1.44. The number of aromatic nitrogens is 2. The van der Waals surface area contributed by atoms with Gasteiger partial charge in [0.05, 0.1) is 14.2 Å². The van der Waals surface area contributed by atoms with Crippen molar-refractivity contribution in [2.45, 2.75) is 0 Å². The average molecular weight is 206 g/mol. The number of nitrogens with one attached hydrogen (secondary N) is 1. The highest BCUT2D eigenvalue weighted by atomic mass is 16.5. The third-order valence-electron chi connectivity index (χ3n) is 2.16. The number of esters is 1. The minimum absolute atomic E-state index is 0.270. The van der Waals surface area contributed by atoms with Gasteiger partial charge >= 0.3 is 5.97 Å². The topological polar surface area (TPSA) is 64.2 Å². The Bertz CT molecular complexity index is 504. The second kappa shape index (κ2) is 3.61. The Balaban J connectivity index is 2.66. The van der Waals surface area contributed by atoms with Crippen molar-refractivity contribution in [3.8, 4) is 5.75 Å². The summed E-state index contributed by atoms with van der Waals surface area (Å²) in [5, 5.41) is 7.34. The van der Waals surface area contributed by atoms with E-state index in [-0.39, 0.29) is 5.69 Å². The summed E-state index contributed by atoms with van der Waals surface area (Å²) in [6, 6.07) is 5.37. The van der Waals surface area contributed by atoms with E-state index in [1.165, 1.54) is 7.11 Å². The predicted molar refractivity (Wildman–Crippen MR) is 54.0 cm³/mol. The van der Waals surface area contributed by atoms with Gasteiger partial charge in [0.25, 0.3) is 0 Å². The highest BCUT2D eigenvalue weighted by molar-refractivity contribution is 6.03. The van der Waals surface area contributed by atoms with Gasteiger partial charge in [-0.3, -0.25) is 5.10 Å². The fraction of sp³-hybridized carbons (Fsp3) is 0.200. The summed E-state index contributed by atoms with van der Waals surface area (Å²) in [5.41, 5.74) is 0.965. The van der Waals surface area contributed by atoms with E-state index in [0.717, 1.165) is 0 Å². The molecule has 0 saturated heterocycles. The Morgan fingerprint density at radius 3 is 2.87 bits per heavy atom. The first-order valence-corrected chi connectivity index (χ1v) is 4.37. The largest absolute Gasteiger partial charge is 0.494 e. The first-order chi connectivity index (χ1) is 7.27. The minimum atomic E-state index is -0.463. The smallest absolute Gasteiger partial charge is 0.359 e. The second-order valence-electron chi connectivity index (χ2n) is 2.95. The van der Waals surface area contributed by atoms with Crippen molar-refractivity contribution in [3.63, 3.8) is 0 Å². The number of hydrogen-bond donors (Lipinski definition) is 1. The lowest BCUT2D eigenvalue weighted by atomic mass is 10.2. The molecule has 2 rings (SSSR count). The SMILES string of the molecule is COC(=O)c1n[nH]c2c(OC)cccc12. The molecular formula is C10H10N2O3. The quantitative estimate of drug-likeness (QED) is 0.753. The Labute approximate surface area is 86.0 Å². The number of methoxy groups -OCH3 is 2. The predicted octanol–water partition coefficient (Wildman–Crippen LogP) is 1.36.